The number of fused-ring (bicyclic) bond motifs is 1. The third-order valence-corrected chi connectivity index (χ3v) is 11.3. The second kappa shape index (κ2) is 28.3. The molecule has 0 radical (unpaired) electrons. The van der Waals surface area contributed by atoms with E-state index >= 15 is 0 Å². The number of hydrogen-bond acceptors (Lipinski definition) is 2. The summed E-state index contributed by atoms with van der Waals surface area (Å²) in [5.41, 5.74) is 2.64. The molecule has 0 spiro atoms. The summed E-state index contributed by atoms with van der Waals surface area (Å²) in [4.78, 5) is -0.00273. The van der Waals surface area contributed by atoms with Crippen molar-refractivity contribution in [2.75, 3.05) is 0 Å². The monoisotopic (exact) mass is 685 g/mol. The maximum absolute atomic E-state index is 11.9. The molecule has 2 aromatic rings. The van der Waals surface area contributed by atoms with Crippen molar-refractivity contribution in [3.8, 4) is 0 Å². The highest BCUT2D eigenvalue weighted by Gasteiger charge is 2.12. The molecule has 1 N–H and O–H groups in total. The van der Waals surface area contributed by atoms with Gasteiger partial charge in [0.05, 0.1) is 4.90 Å². The van der Waals surface area contributed by atoms with Crippen molar-refractivity contribution in [1.82, 2.24) is 0 Å². The maximum Gasteiger partial charge on any atom is 0.294 e. The lowest BCUT2D eigenvalue weighted by molar-refractivity contribution is 0.483. The molecule has 0 saturated heterocycles. The molecule has 0 fully saturated rings. The zero-order chi connectivity index (χ0) is 34.5. The second-order valence-corrected chi connectivity index (χ2v) is 16.4. The smallest absolute Gasteiger partial charge is 0.282 e. The van der Waals surface area contributed by atoms with E-state index in [2.05, 4.69) is 26.0 Å². The fourth-order valence-corrected chi connectivity index (χ4v) is 7.91. The van der Waals surface area contributed by atoms with Crippen molar-refractivity contribution >= 4 is 20.9 Å². The van der Waals surface area contributed by atoms with Crippen LogP contribution in [-0.4, -0.2) is 13.0 Å². The topological polar surface area (TPSA) is 54.4 Å². The van der Waals surface area contributed by atoms with E-state index in [9.17, 15) is 13.0 Å². The van der Waals surface area contributed by atoms with E-state index in [0.717, 1.165) is 23.6 Å². The summed E-state index contributed by atoms with van der Waals surface area (Å²) < 4.78 is 33.4. The first-order valence-electron chi connectivity index (χ1n) is 21.0. The minimum absolute atomic E-state index is 0.00273. The summed E-state index contributed by atoms with van der Waals surface area (Å²) in [6.07, 6.45) is 43.1. The highest BCUT2D eigenvalue weighted by Crippen LogP contribution is 2.27. The quantitative estimate of drug-likeness (QED) is 0.0601. The Morgan fingerprint density at radius 3 is 1.17 bits per heavy atom. The molecule has 0 aromatic heterocycles. The van der Waals surface area contributed by atoms with Crippen LogP contribution in [0, 0.1) is 0 Å². The first-order chi connectivity index (χ1) is 23.5. The highest BCUT2D eigenvalue weighted by molar-refractivity contribution is 7.85. The van der Waals surface area contributed by atoms with Gasteiger partial charge in [0.15, 0.2) is 0 Å². The lowest BCUT2D eigenvalue weighted by atomic mass is 9.94. The van der Waals surface area contributed by atoms with Crippen LogP contribution in [0.5, 0.6) is 0 Å². The second-order valence-electron chi connectivity index (χ2n) is 15.0. The van der Waals surface area contributed by atoms with E-state index < -0.39 is 10.1 Å². The Balaban J connectivity index is 1.66. The molecule has 0 aliphatic heterocycles. The van der Waals surface area contributed by atoms with Gasteiger partial charge in [-0.25, -0.2) is 0 Å². The van der Waals surface area contributed by atoms with Crippen LogP contribution in [0.4, 0.5) is 0 Å². The SMILES string of the molecule is CCCCCCCCCCCCCCCCCc1cc(CCCCCCCCCCCCCCCCC)c2ccc(S(=O)(=O)O)cc2c1. The number of benzene rings is 2. The van der Waals surface area contributed by atoms with Gasteiger partial charge in [0, 0.05) is 0 Å². The molecule has 0 bridgehead atoms. The summed E-state index contributed by atoms with van der Waals surface area (Å²) in [6.45, 7) is 4.57. The van der Waals surface area contributed by atoms with Gasteiger partial charge in [0.2, 0.25) is 0 Å². The van der Waals surface area contributed by atoms with Crippen molar-refractivity contribution in [1.29, 1.82) is 0 Å². The van der Waals surface area contributed by atoms with Gasteiger partial charge in [-0.2, -0.15) is 8.42 Å². The van der Waals surface area contributed by atoms with Crippen molar-refractivity contribution < 1.29 is 13.0 Å². The molecule has 3 nitrogen and oxygen atoms in total. The molecule has 0 amide bonds. The average Bonchev–Trinajstić information content (AvgIpc) is 3.07. The van der Waals surface area contributed by atoms with E-state index in [-0.39, 0.29) is 4.90 Å². The van der Waals surface area contributed by atoms with Gasteiger partial charge in [0.1, 0.15) is 0 Å². The standard InChI is InChI=1S/C44H76O3S/c1-3-5-7-9-11-13-15-17-19-21-23-25-27-29-31-33-40-37-41(44-36-35-43(48(45,46)47)39-42(44)38-40)34-32-30-28-26-24-22-20-18-16-14-12-10-8-6-4-2/h35-39H,3-34H2,1-2H3,(H,45,46,47). The van der Waals surface area contributed by atoms with Crippen LogP contribution in [0.3, 0.4) is 0 Å². The summed E-state index contributed by atoms with van der Waals surface area (Å²) >= 11 is 0. The Morgan fingerprint density at radius 1 is 0.438 bits per heavy atom. The van der Waals surface area contributed by atoms with E-state index in [1.165, 1.54) is 204 Å². The Hall–Kier alpha value is -1.39. The van der Waals surface area contributed by atoms with Crippen LogP contribution in [-0.2, 0) is 23.0 Å². The lowest BCUT2D eigenvalue weighted by Crippen LogP contribution is -1.99. The molecule has 2 rings (SSSR count). The van der Waals surface area contributed by atoms with Crippen LogP contribution in [0.2, 0.25) is 0 Å². The number of aryl methyl sites for hydroxylation is 2. The van der Waals surface area contributed by atoms with E-state index in [1.54, 1.807) is 12.1 Å². The lowest BCUT2D eigenvalue weighted by Gasteiger charge is -2.12. The molecule has 0 heterocycles. The number of hydrogen-bond donors (Lipinski definition) is 1. The fraction of sp³-hybridized carbons (Fsp3) is 0.773. The molecule has 0 aliphatic rings. The van der Waals surface area contributed by atoms with E-state index in [1.807, 2.05) is 6.07 Å². The van der Waals surface area contributed by atoms with Crippen LogP contribution in [0.15, 0.2) is 35.2 Å². The predicted molar refractivity (Wildman–Crippen MR) is 211 cm³/mol. The minimum atomic E-state index is -4.21. The molecule has 48 heavy (non-hydrogen) atoms. The molecule has 0 atom stereocenters. The van der Waals surface area contributed by atoms with E-state index in [4.69, 9.17) is 0 Å². The van der Waals surface area contributed by atoms with Crippen molar-refractivity contribution in [2.24, 2.45) is 0 Å². The van der Waals surface area contributed by atoms with Crippen LogP contribution >= 0.6 is 0 Å². The van der Waals surface area contributed by atoms with Gasteiger partial charge in [0.25, 0.3) is 10.1 Å². The summed E-state index contributed by atoms with van der Waals surface area (Å²) in [7, 11) is -4.21. The third kappa shape index (κ3) is 21.0. The molecule has 0 saturated carbocycles. The van der Waals surface area contributed by atoms with Gasteiger partial charge in [-0.05, 0) is 59.7 Å². The fourth-order valence-electron chi connectivity index (χ4n) is 7.39. The molecule has 0 unspecified atom stereocenters. The molecule has 2 aromatic carbocycles. The van der Waals surface area contributed by atoms with Crippen LogP contribution in [0.1, 0.15) is 218 Å². The Morgan fingerprint density at radius 2 is 0.792 bits per heavy atom. The normalized spacial score (nSPS) is 12.0. The zero-order valence-electron chi connectivity index (χ0n) is 31.7. The number of unbranched alkanes of at least 4 members (excludes halogenated alkanes) is 28. The van der Waals surface area contributed by atoms with Gasteiger partial charge in [-0.3, -0.25) is 4.55 Å². The van der Waals surface area contributed by atoms with Crippen molar-refractivity contribution in [3.63, 3.8) is 0 Å². The Kier molecular flexibility index (Phi) is 25.2. The first kappa shape index (κ1) is 42.8. The summed E-state index contributed by atoms with van der Waals surface area (Å²) in [6, 6.07) is 9.65. The summed E-state index contributed by atoms with van der Waals surface area (Å²) in [5.74, 6) is 0. The van der Waals surface area contributed by atoms with Crippen molar-refractivity contribution in [2.45, 2.75) is 224 Å². The molecule has 4 heteroatoms. The number of rotatable bonds is 33. The average molecular weight is 685 g/mol. The third-order valence-electron chi connectivity index (χ3n) is 10.5. The van der Waals surface area contributed by atoms with Crippen LogP contribution in [0.25, 0.3) is 10.8 Å². The van der Waals surface area contributed by atoms with Gasteiger partial charge >= 0.3 is 0 Å². The summed E-state index contributed by atoms with van der Waals surface area (Å²) in [5, 5.41) is 2.08. The largest absolute Gasteiger partial charge is 0.294 e. The minimum Gasteiger partial charge on any atom is -0.282 e. The van der Waals surface area contributed by atoms with Gasteiger partial charge in [-0.15, -0.1) is 0 Å². The first-order valence-corrected chi connectivity index (χ1v) is 22.4. The van der Waals surface area contributed by atoms with Gasteiger partial charge < -0.3 is 0 Å². The molecule has 0 aliphatic carbocycles. The molecular weight excluding hydrogens is 609 g/mol. The zero-order valence-corrected chi connectivity index (χ0v) is 32.5. The van der Waals surface area contributed by atoms with E-state index in [0.29, 0.717) is 0 Å². The van der Waals surface area contributed by atoms with Crippen molar-refractivity contribution in [3.05, 3.63) is 41.5 Å². The van der Waals surface area contributed by atoms with Gasteiger partial charge in [-0.1, -0.05) is 212 Å². The highest BCUT2D eigenvalue weighted by atomic mass is 32.2. The molecular formula is C44H76O3S. The Labute approximate surface area is 298 Å². The predicted octanol–water partition coefficient (Wildman–Crippen LogP) is 14.9. The Bertz CT molecular complexity index is 1160. The molecule has 276 valence electrons. The van der Waals surface area contributed by atoms with Crippen LogP contribution < -0.4 is 0 Å². The maximum atomic E-state index is 11.9.